The summed E-state index contributed by atoms with van der Waals surface area (Å²) in [6.07, 6.45) is 4.77. The van der Waals surface area contributed by atoms with Crippen molar-refractivity contribution in [3.63, 3.8) is 0 Å². The van der Waals surface area contributed by atoms with Crippen LogP contribution in [0.5, 0.6) is 0 Å². The van der Waals surface area contributed by atoms with Crippen LogP contribution < -0.4 is 4.80 Å². The van der Waals surface area contributed by atoms with Crippen molar-refractivity contribution in [1.82, 2.24) is 19.2 Å². The van der Waals surface area contributed by atoms with Gasteiger partial charge in [0.05, 0.1) is 22.5 Å². The third-order valence-corrected chi connectivity index (χ3v) is 9.72. The lowest BCUT2D eigenvalue weighted by atomic mass is 10.1. The van der Waals surface area contributed by atoms with Gasteiger partial charge in [-0.1, -0.05) is 70.0 Å². The molecule has 0 amide bonds. The molecule has 4 aromatic carbocycles. The summed E-state index contributed by atoms with van der Waals surface area (Å²) in [6, 6.07) is 31.9. The molecule has 0 aliphatic heterocycles. The molecular formula is C34H27BrClN7O2S2. The SMILES string of the molecule is CN(C)C=NS(=O)(=O)c1ccc(-n2cc(/C=N\N=c3/scc(-c4ccc(Br)cc4)n3-c3ccc(Cl)cc3)c(-c3ccccc3)n2)cc1. The van der Waals surface area contributed by atoms with Gasteiger partial charge in [0.25, 0.3) is 10.0 Å². The van der Waals surface area contributed by atoms with E-state index < -0.39 is 10.0 Å². The van der Waals surface area contributed by atoms with Gasteiger partial charge in [-0.05, 0) is 66.2 Å². The van der Waals surface area contributed by atoms with E-state index in [0.717, 1.165) is 32.5 Å². The molecule has 13 heteroatoms. The predicted molar refractivity (Wildman–Crippen MR) is 193 cm³/mol. The molecule has 0 bridgehead atoms. The maximum Gasteiger partial charge on any atom is 0.283 e. The highest BCUT2D eigenvalue weighted by atomic mass is 79.9. The Bertz CT molecular complexity index is 2240. The molecule has 0 atom stereocenters. The average Bonchev–Trinajstić information content (AvgIpc) is 3.70. The number of nitrogens with zero attached hydrogens (tertiary/aromatic N) is 7. The normalized spacial score (nSPS) is 12.4. The highest BCUT2D eigenvalue weighted by Crippen LogP contribution is 2.27. The van der Waals surface area contributed by atoms with Gasteiger partial charge >= 0.3 is 0 Å². The van der Waals surface area contributed by atoms with Crippen LogP contribution in [0.2, 0.25) is 5.02 Å². The Morgan fingerprint density at radius 2 is 1.55 bits per heavy atom. The zero-order valence-corrected chi connectivity index (χ0v) is 29.1. The fourth-order valence-corrected chi connectivity index (χ4v) is 6.77. The first-order chi connectivity index (χ1) is 22.7. The molecule has 0 unspecified atom stereocenters. The largest absolute Gasteiger partial charge is 0.368 e. The van der Waals surface area contributed by atoms with E-state index in [9.17, 15) is 8.42 Å². The lowest BCUT2D eigenvalue weighted by Crippen LogP contribution is -2.13. The summed E-state index contributed by atoms with van der Waals surface area (Å²) in [5, 5.41) is 16.7. The minimum Gasteiger partial charge on any atom is -0.368 e. The van der Waals surface area contributed by atoms with Gasteiger partial charge < -0.3 is 4.90 Å². The molecule has 6 rings (SSSR count). The van der Waals surface area contributed by atoms with E-state index in [1.54, 1.807) is 42.0 Å². The van der Waals surface area contributed by atoms with Gasteiger partial charge in [0, 0.05) is 52.0 Å². The Morgan fingerprint density at radius 1 is 0.872 bits per heavy atom. The Kier molecular flexibility index (Phi) is 9.64. The standard InChI is InChI=1S/C34H27BrClN7O2S2/c1-41(2)23-38-47(44,45)31-18-16-29(17-19-31)42-21-26(33(40-42)25-6-4-3-5-7-25)20-37-39-34-43(30-14-12-28(36)13-15-30)32(22-46-34)24-8-10-27(35)11-9-24/h3-23H,1-2H3/b37-20-,38-23?,39-34-. The monoisotopic (exact) mass is 743 g/mol. The molecule has 9 nitrogen and oxygen atoms in total. The molecule has 0 radical (unpaired) electrons. The fourth-order valence-electron chi connectivity index (χ4n) is 4.61. The second kappa shape index (κ2) is 14.0. The maximum atomic E-state index is 12.6. The number of rotatable bonds is 9. The average molecular weight is 745 g/mol. The summed E-state index contributed by atoms with van der Waals surface area (Å²) >= 11 is 11.2. The highest BCUT2D eigenvalue weighted by molar-refractivity contribution is 9.10. The minimum absolute atomic E-state index is 0.0859. The zero-order valence-electron chi connectivity index (χ0n) is 25.1. The van der Waals surface area contributed by atoms with Crippen molar-refractivity contribution in [3.05, 3.63) is 135 Å². The fraction of sp³-hybridized carbons (Fsp3) is 0.0588. The molecule has 0 aliphatic carbocycles. The number of halogens is 2. The number of sulfonamides is 1. The number of hydrogen-bond acceptors (Lipinski definition) is 6. The first-order valence-corrected chi connectivity index (χ1v) is 17.7. The zero-order chi connectivity index (χ0) is 33.0. The molecule has 2 heterocycles. The number of aromatic nitrogens is 3. The topological polar surface area (TPSA) is 97.2 Å². The Hall–Kier alpha value is -4.62. The predicted octanol–water partition coefficient (Wildman–Crippen LogP) is 7.69. The molecule has 6 aromatic rings. The van der Waals surface area contributed by atoms with Gasteiger partial charge in [-0.2, -0.15) is 18.6 Å². The Balaban J connectivity index is 1.39. The van der Waals surface area contributed by atoms with E-state index in [2.05, 4.69) is 35.9 Å². The summed E-state index contributed by atoms with van der Waals surface area (Å²) < 4.78 is 33.6. The van der Waals surface area contributed by atoms with Crippen LogP contribution in [0.1, 0.15) is 5.56 Å². The molecule has 47 heavy (non-hydrogen) atoms. The summed E-state index contributed by atoms with van der Waals surface area (Å²) in [6.45, 7) is 0. The third-order valence-electron chi connectivity index (χ3n) is 6.88. The number of hydrogen-bond donors (Lipinski definition) is 0. The maximum absolute atomic E-state index is 12.6. The van der Waals surface area contributed by atoms with Crippen LogP contribution in [0.15, 0.2) is 139 Å². The van der Waals surface area contributed by atoms with Gasteiger partial charge in [-0.15, -0.1) is 20.8 Å². The van der Waals surface area contributed by atoms with Crippen molar-refractivity contribution in [2.24, 2.45) is 14.6 Å². The third kappa shape index (κ3) is 7.52. The lowest BCUT2D eigenvalue weighted by Gasteiger charge is -2.09. The van der Waals surface area contributed by atoms with E-state index >= 15 is 0 Å². The van der Waals surface area contributed by atoms with E-state index in [1.165, 1.54) is 29.8 Å². The minimum atomic E-state index is -3.83. The van der Waals surface area contributed by atoms with Gasteiger partial charge in [-0.3, -0.25) is 4.57 Å². The first kappa shape index (κ1) is 32.3. The van der Waals surface area contributed by atoms with E-state index in [4.69, 9.17) is 16.7 Å². The van der Waals surface area contributed by atoms with Crippen molar-refractivity contribution in [1.29, 1.82) is 0 Å². The van der Waals surface area contributed by atoms with Crippen LogP contribution in [-0.4, -0.2) is 54.3 Å². The van der Waals surface area contributed by atoms with Crippen LogP contribution in [-0.2, 0) is 10.0 Å². The van der Waals surface area contributed by atoms with E-state index in [-0.39, 0.29) is 4.90 Å². The second-order valence-corrected chi connectivity index (χ2v) is 14.3. The molecule has 2 aromatic heterocycles. The van der Waals surface area contributed by atoms with Crippen molar-refractivity contribution in [3.8, 4) is 33.9 Å². The van der Waals surface area contributed by atoms with Crippen molar-refractivity contribution in [2.45, 2.75) is 4.90 Å². The summed E-state index contributed by atoms with van der Waals surface area (Å²) in [4.78, 5) is 2.32. The van der Waals surface area contributed by atoms with Crippen molar-refractivity contribution in [2.75, 3.05) is 14.1 Å². The van der Waals surface area contributed by atoms with Crippen LogP contribution in [0.4, 0.5) is 0 Å². The molecule has 0 fully saturated rings. The van der Waals surface area contributed by atoms with Crippen molar-refractivity contribution < 1.29 is 8.42 Å². The van der Waals surface area contributed by atoms with Gasteiger partial charge in [-0.25, -0.2) is 4.68 Å². The lowest BCUT2D eigenvalue weighted by molar-refractivity contribution is 0.594. The Morgan fingerprint density at radius 3 is 2.23 bits per heavy atom. The molecule has 0 aliphatic rings. The summed E-state index contributed by atoms with van der Waals surface area (Å²) in [5.74, 6) is 0. The van der Waals surface area contributed by atoms with E-state index in [0.29, 0.717) is 21.2 Å². The van der Waals surface area contributed by atoms with E-state index in [1.807, 2.05) is 89.6 Å². The molecule has 0 saturated carbocycles. The van der Waals surface area contributed by atoms with Gasteiger partial charge in [0.1, 0.15) is 12.0 Å². The molecule has 236 valence electrons. The summed E-state index contributed by atoms with van der Waals surface area (Å²) in [5.41, 5.74) is 5.90. The van der Waals surface area contributed by atoms with Gasteiger partial charge in [0.2, 0.25) is 4.80 Å². The quantitative estimate of drug-likeness (QED) is 0.0862. The van der Waals surface area contributed by atoms with Crippen LogP contribution in [0.3, 0.4) is 0 Å². The number of thiazole rings is 1. The molecule has 0 spiro atoms. The van der Waals surface area contributed by atoms with Gasteiger partial charge in [0.15, 0.2) is 0 Å². The Labute approximate surface area is 289 Å². The smallest absolute Gasteiger partial charge is 0.283 e. The second-order valence-electron chi connectivity index (χ2n) is 10.5. The highest BCUT2D eigenvalue weighted by Gasteiger charge is 2.15. The molecular weight excluding hydrogens is 718 g/mol. The summed E-state index contributed by atoms with van der Waals surface area (Å²) in [7, 11) is -0.416. The molecule has 0 N–H and O–H groups in total. The first-order valence-electron chi connectivity index (χ1n) is 14.2. The van der Waals surface area contributed by atoms with Crippen LogP contribution in [0, 0.1) is 0 Å². The van der Waals surface area contributed by atoms with Crippen molar-refractivity contribution >= 4 is 61.4 Å². The number of benzene rings is 4. The van der Waals surface area contributed by atoms with Crippen LogP contribution in [0.25, 0.3) is 33.9 Å². The van der Waals surface area contributed by atoms with Crippen LogP contribution >= 0.6 is 38.9 Å². The molecule has 0 saturated heterocycles.